The van der Waals surface area contributed by atoms with Crippen LogP contribution in [-0.4, -0.2) is 22.8 Å². The summed E-state index contributed by atoms with van der Waals surface area (Å²) in [6, 6.07) is 9.69. The Labute approximate surface area is 135 Å². The Morgan fingerprint density at radius 2 is 1.73 bits per heavy atom. The van der Waals surface area contributed by atoms with Crippen molar-refractivity contribution in [2.45, 2.75) is 44.7 Å². The Bertz CT molecular complexity index is 606. The van der Waals surface area contributed by atoms with Gasteiger partial charge >= 0.3 is 0 Å². The number of halogens is 1. The number of amides is 2. The summed E-state index contributed by atoms with van der Waals surface area (Å²) < 4.78 is 0. The Morgan fingerprint density at radius 1 is 1.05 bits per heavy atom. The lowest BCUT2D eigenvalue weighted by molar-refractivity contribution is -0.138. The van der Waals surface area contributed by atoms with Crippen molar-refractivity contribution in [2.75, 3.05) is 0 Å². The lowest BCUT2D eigenvalue weighted by Gasteiger charge is -2.24. The Morgan fingerprint density at radius 3 is 2.41 bits per heavy atom. The molecular weight excluding hydrogens is 300 g/mol. The van der Waals surface area contributed by atoms with Gasteiger partial charge in [0.2, 0.25) is 0 Å². The van der Waals surface area contributed by atoms with Crippen LogP contribution < -0.4 is 5.32 Å². The predicted octanol–water partition coefficient (Wildman–Crippen LogP) is 2.93. The molecule has 0 atom stereocenters. The van der Waals surface area contributed by atoms with E-state index in [2.05, 4.69) is 5.32 Å². The second-order valence-corrected chi connectivity index (χ2v) is 6.23. The first kappa shape index (κ1) is 15.1. The average Bonchev–Trinajstić information content (AvgIpc) is 2.75. The van der Waals surface area contributed by atoms with E-state index < -0.39 is 5.91 Å². The molecule has 1 aromatic carbocycles. The van der Waals surface area contributed by atoms with Gasteiger partial charge in [0.25, 0.3) is 11.8 Å². The molecule has 0 saturated heterocycles. The van der Waals surface area contributed by atoms with Crippen LogP contribution in [-0.2, 0) is 16.1 Å². The van der Waals surface area contributed by atoms with Gasteiger partial charge in [0, 0.05) is 6.04 Å². The number of imide groups is 1. The van der Waals surface area contributed by atoms with Gasteiger partial charge in [-0.25, -0.2) is 0 Å². The highest BCUT2D eigenvalue weighted by molar-refractivity contribution is 6.47. The third-order valence-corrected chi connectivity index (χ3v) is 4.60. The molecule has 0 unspecified atom stereocenters. The fourth-order valence-corrected chi connectivity index (χ4v) is 3.27. The van der Waals surface area contributed by atoms with Crippen LogP contribution in [0, 0.1) is 0 Å². The molecule has 1 fully saturated rings. The largest absolute Gasteiger partial charge is 0.376 e. The summed E-state index contributed by atoms with van der Waals surface area (Å²) in [5.74, 6) is -0.724. The molecule has 0 radical (unpaired) electrons. The zero-order chi connectivity index (χ0) is 15.5. The number of carbonyl (C=O) groups excluding carboxylic acids is 2. The number of carbonyl (C=O) groups is 2. The van der Waals surface area contributed by atoms with Crippen molar-refractivity contribution in [3.05, 3.63) is 46.6 Å². The average molecular weight is 319 g/mol. The maximum Gasteiger partial charge on any atom is 0.278 e. The Balaban J connectivity index is 1.72. The molecule has 0 spiro atoms. The smallest absolute Gasteiger partial charge is 0.278 e. The van der Waals surface area contributed by atoms with Gasteiger partial charge < -0.3 is 5.32 Å². The first-order valence-corrected chi connectivity index (χ1v) is 8.11. The molecule has 116 valence electrons. The van der Waals surface area contributed by atoms with E-state index in [9.17, 15) is 9.59 Å². The molecule has 2 amide bonds. The maximum absolute atomic E-state index is 12.5. The van der Waals surface area contributed by atoms with Crippen molar-refractivity contribution >= 4 is 23.4 Å². The topological polar surface area (TPSA) is 49.4 Å². The zero-order valence-corrected chi connectivity index (χ0v) is 13.1. The number of hydrogen-bond donors (Lipinski definition) is 1. The zero-order valence-electron chi connectivity index (χ0n) is 12.3. The van der Waals surface area contributed by atoms with E-state index >= 15 is 0 Å². The third kappa shape index (κ3) is 3.02. The lowest BCUT2D eigenvalue weighted by atomic mass is 9.95. The van der Waals surface area contributed by atoms with Crippen molar-refractivity contribution in [1.82, 2.24) is 10.2 Å². The third-order valence-electron chi connectivity index (χ3n) is 4.25. The normalized spacial score (nSPS) is 20.0. The number of hydrogen-bond acceptors (Lipinski definition) is 3. The molecule has 1 aliphatic carbocycles. The van der Waals surface area contributed by atoms with E-state index in [0.717, 1.165) is 31.2 Å². The van der Waals surface area contributed by atoms with Crippen molar-refractivity contribution < 1.29 is 9.59 Å². The first-order chi connectivity index (χ1) is 10.7. The molecular formula is C17H19ClN2O2. The number of nitrogens with one attached hydrogen (secondary N) is 1. The molecule has 22 heavy (non-hydrogen) atoms. The predicted molar refractivity (Wildman–Crippen MR) is 84.9 cm³/mol. The number of benzene rings is 1. The molecule has 1 heterocycles. The Hall–Kier alpha value is -1.81. The van der Waals surface area contributed by atoms with E-state index in [4.69, 9.17) is 11.6 Å². The monoisotopic (exact) mass is 318 g/mol. The van der Waals surface area contributed by atoms with Crippen LogP contribution in [0.4, 0.5) is 0 Å². The van der Waals surface area contributed by atoms with E-state index in [1.807, 2.05) is 30.3 Å². The van der Waals surface area contributed by atoms with Crippen molar-refractivity contribution in [3.8, 4) is 0 Å². The van der Waals surface area contributed by atoms with Gasteiger partial charge in [-0.2, -0.15) is 0 Å². The quantitative estimate of drug-likeness (QED) is 0.868. The van der Waals surface area contributed by atoms with Crippen LogP contribution in [0.1, 0.15) is 37.7 Å². The summed E-state index contributed by atoms with van der Waals surface area (Å²) in [5.41, 5.74) is 1.18. The van der Waals surface area contributed by atoms with Crippen LogP contribution in [0.5, 0.6) is 0 Å². The van der Waals surface area contributed by atoms with Crippen molar-refractivity contribution in [3.63, 3.8) is 0 Å². The summed E-state index contributed by atoms with van der Waals surface area (Å²) in [6.45, 7) is 0.255. The second kappa shape index (κ2) is 6.53. The van der Waals surface area contributed by atoms with E-state index in [1.165, 1.54) is 11.3 Å². The van der Waals surface area contributed by atoms with Crippen LogP contribution in [0.15, 0.2) is 41.1 Å². The van der Waals surface area contributed by atoms with E-state index in [0.29, 0.717) is 0 Å². The standard InChI is InChI=1S/C17H19ClN2O2/c18-14-15(19-13-9-5-2-6-10-13)17(22)20(16(14)21)11-12-7-3-1-4-8-12/h1,3-4,7-8,13,19H,2,5-6,9-11H2. The van der Waals surface area contributed by atoms with Gasteiger partial charge in [0.05, 0.1) is 6.54 Å². The summed E-state index contributed by atoms with van der Waals surface area (Å²) in [5, 5.41) is 3.22. The molecule has 0 bridgehead atoms. The lowest BCUT2D eigenvalue weighted by Crippen LogP contribution is -2.37. The van der Waals surface area contributed by atoms with E-state index in [-0.39, 0.29) is 29.2 Å². The minimum Gasteiger partial charge on any atom is -0.376 e. The van der Waals surface area contributed by atoms with Gasteiger partial charge in [-0.3, -0.25) is 14.5 Å². The highest BCUT2D eigenvalue weighted by Crippen LogP contribution is 2.26. The summed E-state index contributed by atoms with van der Waals surface area (Å²) >= 11 is 6.11. The van der Waals surface area contributed by atoms with Crippen LogP contribution in [0.3, 0.4) is 0 Å². The molecule has 1 saturated carbocycles. The molecule has 0 aromatic heterocycles. The molecule has 1 N–H and O–H groups in total. The van der Waals surface area contributed by atoms with E-state index in [1.54, 1.807) is 0 Å². The summed E-state index contributed by atoms with van der Waals surface area (Å²) in [4.78, 5) is 26.0. The van der Waals surface area contributed by atoms with Gasteiger partial charge in [-0.05, 0) is 18.4 Å². The van der Waals surface area contributed by atoms with Gasteiger partial charge in [0.1, 0.15) is 10.7 Å². The highest BCUT2D eigenvalue weighted by Gasteiger charge is 2.38. The number of rotatable bonds is 4. The molecule has 4 nitrogen and oxygen atoms in total. The van der Waals surface area contributed by atoms with Crippen LogP contribution in [0.2, 0.25) is 0 Å². The fourth-order valence-electron chi connectivity index (χ4n) is 3.03. The first-order valence-electron chi connectivity index (χ1n) is 7.73. The maximum atomic E-state index is 12.5. The highest BCUT2D eigenvalue weighted by atomic mass is 35.5. The van der Waals surface area contributed by atoms with Crippen molar-refractivity contribution in [2.24, 2.45) is 0 Å². The Kier molecular flexibility index (Phi) is 4.48. The molecule has 5 heteroatoms. The minimum absolute atomic E-state index is 0.0199. The molecule has 1 aromatic rings. The van der Waals surface area contributed by atoms with Gasteiger partial charge in [-0.15, -0.1) is 0 Å². The second-order valence-electron chi connectivity index (χ2n) is 5.85. The molecule has 2 aliphatic rings. The summed E-state index contributed by atoms with van der Waals surface area (Å²) in [7, 11) is 0. The molecule has 3 rings (SSSR count). The summed E-state index contributed by atoms with van der Waals surface area (Å²) in [6.07, 6.45) is 5.58. The fraction of sp³-hybridized carbons (Fsp3) is 0.412. The van der Waals surface area contributed by atoms with Crippen molar-refractivity contribution in [1.29, 1.82) is 0 Å². The van der Waals surface area contributed by atoms with Gasteiger partial charge in [-0.1, -0.05) is 61.2 Å². The van der Waals surface area contributed by atoms with Crippen LogP contribution in [0.25, 0.3) is 0 Å². The van der Waals surface area contributed by atoms with Gasteiger partial charge in [0.15, 0.2) is 0 Å². The SMILES string of the molecule is O=C1C(Cl)=C(NC2CCCCC2)C(=O)N1Cc1ccccc1. The minimum atomic E-state index is -0.408. The molecule has 1 aliphatic heterocycles. The van der Waals surface area contributed by atoms with Crippen LogP contribution >= 0.6 is 11.6 Å². The number of nitrogens with zero attached hydrogens (tertiary/aromatic N) is 1.